The van der Waals surface area contributed by atoms with Gasteiger partial charge in [-0.3, -0.25) is 16.0 Å². The number of non-ortho nitro benzene ring substituents is 1. The number of piperidine rings is 1. The Morgan fingerprint density at radius 3 is 2.52 bits per heavy atom. The summed E-state index contributed by atoms with van der Waals surface area (Å²) in [6.45, 7) is 0.326. The number of nitrogens with one attached hydrogen (secondary N) is 1. The molecule has 21 heavy (non-hydrogen) atoms. The Hall–Kier alpha value is -1.75. The Morgan fingerprint density at radius 2 is 2.00 bits per heavy atom. The number of hydrogen-bond donors (Lipinski definition) is 3. The first-order valence-electron chi connectivity index (χ1n) is 6.29. The fourth-order valence-electron chi connectivity index (χ4n) is 2.18. The first-order valence-corrected chi connectivity index (χ1v) is 7.73. The van der Waals surface area contributed by atoms with Crippen LogP contribution < -0.4 is 11.3 Å². The Morgan fingerprint density at radius 1 is 1.38 bits per heavy atom. The molecule has 2 rings (SSSR count). The topological polar surface area (TPSA) is 139 Å². The van der Waals surface area contributed by atoms with Crippen LogP contribution in [0.2, 0.25) is 0 Å². The average Bonchev–Trinajstić information content (AvgIpc) is 2.46. The van der Waals surface area contributed by atoms with E-state index in [0.717, 1.165) is 6.07 Å². The number of benzene rings is 1. The number of hydrazine groups is 1. The number of hydrogen-bond acceptors (Lipinski definition) is 7. The van der Waals surface area contributed by atoms with Crippen molar-refractivity contribution in [1.29, 1.82) is 0 Å². The zero-order valence-electron chi connectivity index (χ0n) is 11.1. The molecule has 1 aromatic rings. The highest BCUT2D eigenvalue weighted by atomic mass is 32.2. The largest absolute Gasteiger partial charge is 0.393 e. The molecule has 0 atom stereocenters. The van der Waals surface area contributed by atoms with Crippen molar-refractivity contribution >= 4 is 21.4 Å². The van der Waals surface area contributed by atoms with Gasteiger partial charge < -0.3 is 10.5 Å². The molecule has 0 amide bonds. The standard InChI is InChI=1S/C11H16N4O5S/c12-13-10-2-1-8(15(17)18)7-11(10)21(19,20)14-5-3-9(16)4-6-14/h1-2,7,9,13,16H,3-6,12H2. The van der Waals surface area contributed by atoms with Crippen LogP contribution in [0.25, 0.3) is 0 Å². The minimum Gasteiger partial charge on any atom is -0.393 e. The highest BCUT2D eigenvalue weighted by Gasteiger charge is 2.31. The highest BCUT2D eigenvalue weighted by molar-refractivity contribution is 7.89. The zero-order chi connectivity index (χ0) is 15.6. The van der Waals surface area contributed by atoms with Gasteiger partial charge in [0.25, 0.3) is 5.69 Å². The van der Waals surface area contributed by atoms with E-state index < -0.39 is 21.1 Å². The predicted molar refractivity (Wildman–Crippen MR) is 74.9 cm³/mol. The van der Waals surface area contributed by atoms with Gasteiger partial charge in [-0.15, -0.1) is 0 Å². The maximum atomic E-state index is 12.6. The van der Waals surface area contributed by atoms with Crippen molar-refractivity contribution in [2.24, 2.45) is 5.84 Å². The van der Waals surface area contributed by atoms with Gasteiger partial charge in [-0.25, -0.2) is 8.42 Å². The number of nitrogen functional groups attached to an aromatic ring is 1. The molecule has 0 spiro atoms. The SMILES string of the molecule is NNc1ccc([N+](=O)[O-])cc1S(=O)(=O)N1CCC(O)CC1. The summed E-state index contributed by atoms with van der Waals surface area (Å²) in [5.74, 6) is 5.28. The number of sulfonamides is 1. The van der Waals surface area contributed by atoms with Gasteiger partial charge in [0, 0.05) is 25.2 Å². The van der Waals surface area contributed by atoms with Crippen LogP contribution in [0.3, 0.4) is 0 Å². The molecule has 0 radical (unpaired) electrons. The molecule has 1 aromatic carbocycles. The van der Waals surface area contributed by atoms with Crippen molar-refractivity contribution in [3.05, 3.63) is 28.3 Å². The zero-order valence-corrected chi connectivity index (χ0v) is 11.9. The van der Waals surface area contributed by atoms with Gasteiger partial charge in [0.1, 0.15) is 4.90 Å². The number of nitrogens with two attached hydrogens (primary N) is 1. The predicted octanol–water partition coefficient (Wildman–Crippen LogP) is 0.0258. The van der Waals surface area contributed by atoms with Crippen LogP contribution in [0.15, 0.2) is 23.1 Å². The lowest BCUT2D eigenvalue weighted by molar-refractivity contribution is -0.385. The summed E-state index contributed by atoms with van der Waals surface area (Å²) in [6, 6.07) is 3.41. The fourth-order valence-corrected chi connectivity index (χ4v) is 3.82. The smallest absolute Gasteiger partial charge is 0.270 e. The number of nitrogens with zero attached hydrogens (tertiary/aromatic N) is 2. The van der Waals surface area contributed by atoms with E-state index in [1.54, 1.807) is 0 Å². The molecule has 116 valence electrons. The van der Waals surface area contributed by atoms with Crippen molar-refractivity contribution in [3.8, 4) is 0 Å². The van der Waals surface area contributed by atoms with E-state index in [0.29, 0.717) is 12.8 Å². The molecule has 9 nitrogen and oxygen atoms in total. The van der Waals surface area contributed by atoms with E-state index in [9.17, 15) is 23.6 Å². The molecule has 0 unspecified atom stereocenters. The van der Waals surface area contributed by atoms with Crippen LogP contribution in [0, 0.1) is 10.1 Å². The van der Waals surface area contributed by atoms with E-state index in [-0.39, 0.29) is 29.4 Å². The number of nitro benzene ring substituents is 1. The summed E-state index contributed by atoms with van der Waals surface area (Å²) >= 11 is 0. The molecule has 0 aromatic heterocycles. The summed E-state index contributed by atoms with van der Waals surface area (Å²) in [5, 5.41) is 20.2. The molecule has 4 N–H and O–H groups in total. The average molecular weight is 316 g/mol. The maximum absolute atomic E-state index is 12.6. The van der Waals surface area contributed by atoms with Crippen LogP contribution in [-0.2, 0) is 10.0 Å². The second kappa shape index (κ2) is 5.93. The number of anilines is 1. The van der Waals surface area contributed by atoms with Gasteiger partial charge in [0.2, 0.25) is 10.0 Å². The number of aliphatic hydroxyl groups excluding tert-OH is 1. The molecule has 0 saturated carbocycles. The van der Waals surface area contributed by atoms with Crippen LogP contribution in [-0.4, -0.2) is 41.9 Å². The van der Waals surface area contributed by atoms with E-state index in [4.69, 9.17) is 5.84 Å². The highest BCUT2D eigenvalue weighted by Crippen LogP contribution is 2.29. The van der Waals surface area contributed by atoms with E-state index >= 15 is 0 Å². The summed E-state index contributed by atoms with van der Waals surface area (Å²) < 4.78 is 26.3. The lowest BCUT2D eigenvalue weighted by Gasteiger charge is -2.29. The lowest BCUT2D eigenvalue weighted by atomic mass is 10.1. The lowest BCUT2D eigenvalue weighted by Crippen LogP contribution is -2.40. The fraction of sp³-hybridized carbons (Fsp3) is 0.455. The molecular weight excluding hydrogens is 300 g/mol. The second-order valence-electron chi connectivity index (χ2n) is 4.72. The van der Waals surface area contributed by atoms with Crippen LogP contribution in [0.5, 0.6) is 0 Å². The molecular formula is C11H16N4O5S. The molecule has 1 fully saturated rings. The minimum atomic E-state index is -3.91. The van der Waals surface area contributed by atoms with Crippen LogP contribution >= 0.6 is 0 Å². The van der Waals surface area contributed by atoms with Gasteiger partial charge in [-0.1, -0.05) is 0 Å². The molecule has 0 bridgehead atoms. The molecule has 1 aliphatic heterocycles. The molecule has 0 aliphatic carbocycles. The monoisotopic (exact) mass is 316 g/mol. The van der Waals surface area contributed by atoms with Gasteiger partial charge in [0.05, 0.1) is 16.7 Å². The van der Waals surface area contributed by atoms with E-state index in [1.165, 1.54) is 16.4 Å². The Balaban J connectivity index is 2.43. The summed E-state index contributed by atoms with van der Waals surface area (Å²) in [5.41, 5.74) is 2.00. The third-order valence-corrected chi connectivity index (χ3v) is 5.31. The van der Waals surface area contributed by atoms with Gasteiger partial charge in [-0.2, -0.15) is 4.31 Å². The molecule has 1 heterocycles. The summed E-state index contributed by atoms with van der Waals surface area (Å²) in [4.78, 5) is 9.90. The third kappa shape index (κ3) is 3.13. The Bertz CT molecular complexity index is 640. The van der Waals surface area contributed by atoms with Crippen LogP contribution in [0.4, 0.5) is 11.4 Å². The minimum absolute atomic E-state index is 0.0896. The molecule has 1 saturated heterocycles. The van der Waals surface area contributed by atoms with Gasteiger partial charge in [-0.05, 0) is 18.9 Å². The van der Waals surface area contributed by atoms with Gasteiger partial charge in [0.15, 0.2) is 0 Å². The van der Waals surface area contributed by atoms with Crippen molar-refractivity contribution in [3.63, 3.8) is 0 Å². The Kier molecular flexibility index (Phi) is 4.42. The maximum Gasteiger partial charge on any atom is 0.270 e. The summed E-state index contributed by atoms with van der Waals surface area (Å²) in [6.07, 6.45) is 0.146. The number of nitro groups is 1. The number of aliphatic hydroxyl groups is 1. The normalized spacial score (nSPS) is 17.6. The van der Waals surface area contributed by atoms with Crippen molar-refractivity contribution in [2.45, 2.75) is 23.8 Å². The van der Waals surface area contributed by atoms with Crippen molar-refractivity contribution in [2.75, 3.05) is 18.5 Å². The summed E-state index contributed by atoms with van der Waals surface area (Å²) in [7, 11) is -3.91. The first-order chi connectivity index (χ1) is 9.86. The molecule has 1 aliphatic rings. The van der Waals surface area contributed by atoms with Crippen molar-refractivity contribution < 1.29 is 18.4 Å². The quantitative estimate of drug-likeness (QED) is 0.404. The second-order valence-corrected chi connectivity index (χ2v) is 6.62. The van der Waals surface area contributed by atoms with Crippen molar-refractivity contribution in [1.82, 2.24) is 4.31 Å². The van der Waals surface area contributed by atoms with E-state index in [1.807, 2.05) is 0 Å². The van der Waals surface area contributed by atoms with Crippen LogP contribution in [0.1, 0.15) is 12.8 Å². The number of rotatable bonds is 4. The first kappa shape index (κ1) is 15.6. The van der Waals surface area contributed by atoms with E-state index in [2.05, 4.69) is 5.43 Å². The third-order valence-electron chi connectivity index (χ3n) is 3.37. The Labute approximate surface area is 121 Å². The van der Waals surface area contributed by atoms with Gasteiger partial charge >= 0.3 is 0 Å². The molecule has 10 heteroatoms.